The lowest BCUT2D eigenvalue weighted by atomic mass is 9.87. The highest BCUT2D eigenvalue weighted by molar-refractivity contribution is 5.75. The van der Waals surface area contributed by atoms with Gasteiger partial charge in [0.25, 0.3) is 0 Å². The molecule has 0 heterocycles. The number of nitrogens with two attached hydrogens (primary N) is 1. The van der Waals surface area contributed by atoms with Crippen LogP contribution in [0.15, 0.2) is 0 Å². The molecule has 2 N–H and O–H groups in total. The van der Waals surface area contributed by atoms with Crippen molar-refractivity contribution in [2.45, 2.75) is 46.7 Å². The van der Waals surface area contributed by atoms with Gasteiger partial charge in [-0.2, -0.15) is 0 Å². The molecule has 0 fully saturated rings. The number of esters is 1. The predicted molar refractivity (Wildman–Crippen MR) is 66.2 cm³/mol. The summed E-state index contributed by atoms with van der Waals surface area (Å²) in [6.45, 7) is 11.3. The van der Waals surface area contributed by atoms with Gasteiger partial charge >= 0.3 is 5.97 Å². The molecule has 16 heavy (non-hydrogen) atoms. The summed E-state index contributed by atoms with van der Waals surface area (Å²) >= 11 is 0. The lowest BCUT2D eigenvalue weighted by Crippen LogP contribution is -2.48. The summed E-state index contributed by atoms with van der Waals surface area (Å²) in [6.07, 6.45) is 0. The molecule has 0 aromatic carbocycles. The Kier molecular flexibility index (Phi) is 5.97. The van der Waals surface area contributed by atoms with E-state index in [0.29, 0.717) is 19.2 Å². The Hall–Kier alpha value is -0.610. The average Bonchev–Trinajstić information content (AvgIpc) is 2.15. The van der Waals surface area contributed by atoms with Crippen molar-refractivity contribution in [2.24, 2.45) is 11.1 Å². The fourth-order valence-electron chi connectivity index (χ4n) is 1.45. The zero-order chi connectivity index (χ0) is 12.9. The zero-order valence-corrected chi connectivity index (χ0v) is 11.4. The van der Waals surface area contributed by atoms with Crippen LogP contribution in [-0.2, 0) is 9.53 Å². The Morgan fingerprint density at radius 2 is 1.94 bits per heavy atom. The van der Waals surface area contributed by atoms with Crippen LogP contribution in [0.5, 0.6) is 0 Å². The molecule has 0 aliphatic rings. The maximum absolute atomic E-state index is 11.4. The van der Waals surface area contributed by atoms with Crippen molar-refractivity contribution < 1.29 is 9.53 Å². The van der Waals surface area contributed by atoms with Crippen molar-refractivity contribution in [1.29, 1.82) is 0 Å². The van der Waals surface area contributed by atoms with Crippen LogP contribution >= 0.6 is 0 Å². The summed E-state index contributed by atoms with van der Waals surface area (Å²) in [4.78, 5) is 13.5. The van der Waals surface area contributed by atoms with Crippen molar-refractivity contribution in [3.8, 4) is 0 Å². The Morgan fingerprint density at radius 1 is 1.44 bits per heavy atom. The van der Waals surface area contributed by atoms with Crippen molar-refractivity contribution in [1.82, 2.24) is 4.90 Å². The van der Waals surface area contributed by atoms with Gasteiger partial charge in [0.2, 0.25) is 0 Å². The Morgan fingerprint density at radius 3 is 2.31 bits per heavy atom. The molecule has 0 aromatic heterocycles. The molecule has 0 aliphatic carbocycles. The van der Waals surface area contributed by atoms with Crippen LogP contribution in [-0.4, -0.2) is 43.2 Å². The van der Waals surface area contributed by atoms with Crippen LogP contribution in [0.25, 0.3) is 0 Å². The molecule has 0 aliphatic heterocycles. The summed E-state index contributed by atoms with van der Waals surface area (Å²) in [5.74, 6) is -0.324. The molecule has 0 rings (SSSR count). The fraction of sp³-hybridized carbons (Fsp3) is 0.917. The van der Waals surface area contributed by atoms with Crippen molar-refractivity contribution >= 4 is 5.97 Å². The molecule has 0 saturated heterocycles. The highest BCUT2D eigenvalue weighted by Crippen LogP contribution is 2.22. The Balaban J connectivity index is 4.23. The summed E-state index contributed by atoms with van der Waals surface area (Å²) < 4.78 is 4.88. The van der Waals surface area contributed by atoms with Crippen LogP contribution in [0.3, 0.4) is 0 Å². The van der Waals surface area contributed by atoms with Gasteiger partial charge < -0.3 is 15.4 Å². The molecular formula is C12H26N2O2. The molecule has 0 radical (unpaired) electrons. The van der Waals surface area contributed by atoms with E-state index in [1.54, 1.807) is 6.92 Å². The smallest absolute Gasteiger partial charge is 0.324 e. The first-order chi connectivity index (χ1) is 7.20. The molecular weight excluding hydrogens is 204 g/mol. The van der Waals surface area contributed by atoms with E-state index in [2.05, 4.69) is 32.6 Å². The molecule has 4 heteroatoms. The van der Waals surface area contributed by atoms with Gasteiger partial charge in [-0.1, -0.05) is 20.8 Å². The molecule has 2 unspecified atom stereocenters. The van der Waals surface area contributed by atoms with E-state index in [-0.39, 0.29) is 11.4 Å². The van der Waals surface area contributed by atoms with E-state index in [0.717, 1.165) is 0 Å². The molecule has 0 saturated carbocycles. The van der Waals surface area contributed by atoms with Gasteiger partial charge in [0.05, 0.1) is 6.61 Å². The van der Waals surface area contributed by atoms with Crippen LogP contribution in [0, 0.1) is 5.41 Å². The van der Waals surface area contributed by atoms with Gasteiger partial charge in [0.15, 0.2) is 0 Å². The topological polar surface area (TPSA) is 55.6 Å². The summed E-state index contributed by atoms with van der Waals surface area (Å²) in [5.41, 5.74) is 5.94. The van der Waals surface area contributed by atoms with E-state index in [4.69, 9.17) is 10.5 Å². The lowest BCUT2D eigenvalue weighted by molar-refractivity contribution is -0.145. The van der Waals surface area contributed by atoms with Gasteiger partial charge in [-0.05, 0) is 26.3 Å². The highest BCUT2D eigenvalue weighted by atomic mass is 16.5. The van der Waals surface area contributed by atoms with E-state index in [1.807, 2.05) is 7.05 Å². The number of ether oxygens (including phenoxy) is 1. The maximum Gasteiger partial charge on any atom is 0.324 e. The number of carbonyl (C=O) groups is 1. The van der Waals surface area contributed by atoms with Crippen molar-refractivity contribution in [3.63, 3.8) is 0 Å². The molecule has 2 atom stereocenters. The minimum Gasteiger partial charge on any atom is -0.465 e. The number of carbonyl (C=O) groups excluding carboxylic acids is 1. The average molecular weight is 230 g/mol. The maximum atomic E-state index is 11.4. The molecule has 0 aromatic rings. The molecule has 0 spiro atoms. The standard InChI is InChI=1S/C12H26N2O2/c1-7-16-11(15)10(13)8-14(6)9(2)12(3,4)5/h9-10H,7-8,13H2,1-6H3. The molecule has 96 valence electrons. The number of rotatable bonds is 5. The largest absolute Gasteiger partial charge is 0.465 e. The fourth-order valence-corrected chi connectivity index (χ4v) is 1.45. The minimum atomic E-state index is -0.560. The Labute approximate surface area is 99.1 Å². The van der Waals surface area contributed by atoms with Gasteiger partial charge in [0, 0.05) is 12.6 Å². The van der Waals surface area contributed by atoms with E-state index < -0.39 is 6.04 Å². The normalized spacial score (nSPS) is 16.0. The molecule has 0 amide bonds. The van der Waals surface area contributed by atoms with Gasteiger partial charge in [-0.15, -0.1) is 0 Å². The van der Waals surface area contributed by atoms with Crippen LogP contribution in [0.4, 0.5) is 0 Å². The van der Waals surface area contributed by atoms with E-state index in [9.17, 15) is 4.79 Å². The third kappa shape index (κ3) is 4.94. The number of hydrogen-bond acceptors (Lipinski definition) is 4. The van der Waals surface area contributed by atoms with Crippen LogP contribution in [0.2, 0.25) is 0 Å². The third-order valence-corrected chi connectivity index (χ3v) is 2.99. The summed E-state index contributed by atoms with van der Waals surface area (Å²) in [6, 6.07) is -0.206. The van der Waals surface area contributed by atoms with Crippen LogP contribution in [0.1, 0.15) is 34.6 Å². The van der Waals surface area contributed by atoms with Crippen LogP contribution < -0.4 is 5.73 Å². The van der Waals surface area contributed by atoms with Crippen molar-refractivity contribution in [3.05, 3.63) is 0 Å². The molecule has 0 bridgehead atoms. The second-order valence-electron chi connectivity index (χ2n) is 5.34. The van der Waals surface area contributed by atoms with E-state index >= 15 is 0 Å². The molecule has 4 nitrogen and oxygen atoms in total. The minimum absolute atomic E-state index is 0.170. The van der Waals surface area contributed by atoms with Gasteiger partial charge in [-0.3, -0.25) is 4.79 Å². The SMILES string of the molecule is CCOC(=O)C(N)CN(C)C(C)C(C)(C)C. The second-order valence-corrected chi connectivity index (χ2v) is 5.34. The highest BCUT2D eigenvalue weighted by Gasteiger charge is 2.26. The first kappa shape index (κ1) is 15.4. The van der Waals surface area contributed by atoms with Gasteiger partial charge in [-0.25, -0.2) is 0 Å². The summed E-state index contributed by atoms with van der Waals surface area (Å²) in [7, 11) is 1.98. The lowest BCUT2D eigenvalue weighted by Gasteiger charge is -2.36. The first-order valence-electron chi connectivity index (χ1n) is 5.82. The van der Waals surface area contributed by atoms with Gasteiger partial charge in [0.1, 0.15) is 6.04 Å². The number of hydrogen-bond donors (Lipinski definition) is 1. The Bertz CT molecular complexity index is 224. The zero-order valence-electron chi connectivity index (χ0n) is 11.4. The second kappa shape index (κ2) is 6.21. The predicted octanol–water partition coefficient (Wildman–Crippen LogP) is 1.24. The van der Waals surface area contributed by atoms with Crippen molar-refractivity contribution in [2.75, 3.05) is 20.2 Å². The summed E-state index contributed by atoms with van der Waals surface area (Å²) in [5, 5.41) is 0. The van der Waals surface area contributed by atoms with E-state index in [1.165, 1.54) is 0 Å². The third-order valence-electron chi connectivity index (χ3n) is 2.99. The quantitative estimate of drug-likeness (QED) is 0.722. The first-order valence-corrected chi connectivity index (χ1v) is 5.82. The monoisotopic (exact) mass is 230 g/mol. The number of likely N-dealkylation sites (N-methyl/N-ethyl adjacent to an activating group) is 1. The number of nitrogens with zero attached hydrogens (tertiary/aromatic N) is 1.